The third kappa shape index (κ3) is 2.54. The van der Waals surface area contributed by atoms with Crippen LogP contribution in [0.25, 0.3) is 0 Å². The fraction of sp³-hybridized carbons (Fsp3) is 0.778. The van der Waals surface area contributed by atoms with E-state index in [0.29, 0.717) is 10.8 Å². The van der Waals surface area contributed by atoms with Crippen LogP contribution < -0.4 is 0 Å². The Morgan fingerprint density at radius 3 is 2.74 bits per heavy atom. The van der Waals surface area contributed by atoms with Gasteiger partial charge in [0.15, 0.2) is 0 Å². The highest BCUT2D eigenvalue weighted by molar-refractivity contribution is 5.39. The minimum Gasteiger partial charge on any atom is -0.0999 e. The Balaban J connectivity index is 1.50. The largest absolute Gasteiger partial charge is 0.0999 e. The van der Waals surface area contributed by atoms with Crippen molar-refractivity contribution in [3.8, 4) is 0 Å². The lowest BCUT2D eigenvalue weighted by Crippen LogP contribution is -2.45. The number of hydrogen-bond donors (Lipinski definition) is 0. The van der Waals surface area contributed by atoms with Crippen LogP contribution in [-0.2, 0) is 0 Å². The second kappa shape index (κ2) is 6.11. The maximum atomic E-state index is 4.39. The molecule has 8 atom stereocenters. The fourth-order valence-electron chi connectivity index (χ4n) is 8.66. The van der Waals surface area contributed by atoms with Crippen molar-refractivity contribution >= 4 is 0 Å². The Bertz CT molecular complexity index is 695. The second-order valence-electron chi connectivity index (χ2n) is 11.5. The molecule has 0 radical (unpaired) electrons. The summed E-state index contributed by atoms with van der Waals surface area (Å²) in [6, 6.07) is 0. The molecule has 27 heavy (non-hydrogen) atoms. The highest BCUT2D eigenvalue weighted by Crippen LogP contribution is 2.73. The predicted octanol–water partition coefficient (Wildman–Crippen LogP) is 7.72. The number of fused-ring (bicyclic) bond motifs is 8. The molecular formula is C27H40. The van der Waals surface area contributed by atoms with Crippen LogP contribution >= 0.6 is 0 Å². The van der Waals surface area contributed by atoms with Crippen LogP contribution in [0.1, 0.15) is 85.0 Å². The zero-order chi connectivity index (χ0) is 19.0. The molecule has 0 aromatic rings. The molecule has 0 aromatic carbocycles. The first kappa shape index (κ1) is 18.3. The van der Waals surface area contributed by atoms with E-state index in [1.165, 1.54) is 75.4 Å². The van der Waals surface area contributed by atoms with E-state index in [4.69, 9.17) is 0 Å². The minimum absolute atomic E-state index is 0.486. The SMILES string of the molecule is C=C1C=C2C3CC3C3C(CCCC4(C)C(CC(=C)CC)CCC34)C2(C)CC1. The van der Waals surface area contributed by atoms with Gasteiger partial charge < -0.3 is 0 Å². The molecule has 0 heterocycles. The van der Waals surface area contributed by atoms with Gasteiger partial charge in [0, 0.05) is 0 Å². The highest BCUT2D eigenvalue weighted by atomic mass is 14.7. The average Bonchev–Trinajstić information content (AvgIpc) is 3.39. The maximum absolute atomic E-state index is 4.39. The van der Waals surface area contributed by atoms with Crippen LogP contribution in [0.2, 0.25) is 0 Å². The van der Waals surface area contributed by atoms with Gasteiger partial charge in [-0.25, -0.2) is 0 Å². The summed E-state index contributed by atoms with van der Waals surface area (Å²) in [5.41, 5.74) is 5.81. The van der Waals surface area contributed by atoms with Crippen LogP contribution in [0.4, 0.5) is 0 Å². The van der Waals surface area contributed by atoms with Crippen LogP contribution in [0, 0.1) is 46.3 Å². The third-order valence-electron chi connectivity index (χ3n) is 10.3. The van der Waals surface area contributed by atoms with Gasteiger partial charge in [-0.15, -0.1) is 0 Å². The molecule has 0 amide bonds. The molecule has 0 N–H and O–H groups in total. The van der Waals surface area contributed by atoms with Crippen molar-refractivity contribution in [3.05, 3.63) is 36.0 Å². The Morgan fingerprint density at radius 2 is 1.96 bits per heavy atom. The van der Waals surface area contributed by atoms with Gasteiger partial charge in [0.2, 0.25) is 0 Å². The van der Waals surface area contributed by atoms with Crippen molar-refractivity contribution in [2.45, 2.75) is 85.0 Å². The van der Waals surface area contributed by atoms with Gasteiger partial charge >= 0.3 is 0 Å². The maximum Gasteiger partial charge on any atom is -0.00760 e. The number of rotatable bonds is 3. The van der Waals surface area contributed by atoms with Crippen LogP contribution in [0.3, 0.4) is 0 Å². The normalized spacial score (nSPS) is 50.6. The summed E-state index contributed by atoms with van der Waals surface area (Å²) >= 11 is 0. The minimum atomic E-state index is 0.486. The molecule has 148 valence electrons. The summed E-state index contributed by atoms with van der Waals surface area (Å²) in [4.78, 5) is 0. The molecule has 0 aromatic heterocycles. The average molecular weight is 365 g/mol. The first-order valence-corrected chi connectivity index (χ1v) is 11.9. The van der Waals surface area contributed by atoms with Crippen molar-refractivity contribution in [1.82, 2.24) is 0 Å². The van der Waals surface area contributed by atoms with E-state index >= 15 is 0 Å². The Morgan fingerprint density at radius 1 is 1.15 bits per heavy atom. The van der Waals surface area contributed by atoms with Gasteiger partial charge in [0.1, 0.15) is 0 Å². The van der Waals surface area contributed by atoms with Crippen LogP contribution in [-0.4, -0.2) is 0 Å². The summed E-state index contributed by atoms with van der Waals surface area (Å²) in [5.74, 6) is 5.77. The van der Waals surface area contributed by atoms with Crippen molar-refractivity contribution in [3.63, 3.8) is 0 Å². The van der Waals surface area contributed by atoms with E-state index in [2.05, 4.69) is 40.0 Å². The van der Waals surface area contributed by atoms with Crippen molar-refractivity contribution in [2.24, 2.45) is 46.3 Å². The molecule has 5 rings (SSSR count). The van der Waals surface area contributed by atoms with E-state index < -0.39 is 0 Å². The van der Waals surface area contributed by atoms with Crippen LogP contribution in [0.5, 0.6) is 0 Å². The predicted molar refractivity (Wildman–Crippen MR) is 115 cm³/mol. The van der Waals surface area contributed by atoms with E-state index in [0.717, 1.165) is 35.5 Å². The Hall–Kier alpha value is -0.780. The van der Waals surface area contributed by atoms with Crippen molar-refractivity contribution in [2.75, 3.05) is 0 Å². The van der Waals surface area contributed by atoms with Crippen molar-refractivity contribution in [1.29, 1.82) is 0 Å². The molecule has 5 aliphatic carbocycles. The summed E-state index contributed by atoms with van der Waals surface area (Å²) in [6.07, 6.45) is 16.5. The van der Waals surface area contributed by atoms with Crippen LogP contribution in [0.15, 0.2) is 36.0 Å². The molecule has 0 heteroatoms. The monoisotopic (exact) mass is 364 g/mol. The molecule has 5 aliphatic rings. The summed E-state index contributed by atoms with van der Waals surface area (Å²) < 4.78 is 0. The van der Waals surface area contributed by atoms with E-state index in [9.17, 15) is 0 Å². The molecule has 0 saturated heterocycles. The van der Waals surface area contributed by atoms with Gasteiger partial charge in [-0.2, -0.15) is 0 Å². The quantitative estimate of drug-likeness (QED) is 0.449. The first-order valence-electron chi connectivity index (χ1n) is 11.9. The molecule has 0 bridgehead atoms. The Labute approximate surface area is 167 Å². The molecule has 4 fully saturated rings. The van der Waals surface area contributed by atoms with E-state index in [1.807, 2.05) is 5.57 Å². The molecular weight excluding hydrogens is 324 g/mol. The van der Waals surface area contributed by atoms with E-state index in [-0.39, 0.29) is 0 Å². The Kier molecular flexibility index (Phi) is 4.13. The molecule has 4 saturated carbocycles. The zero-order valence-electron chi connectivity index (χ0n) is 18.0. The number of allylic oxidation sites excluding steroid dienone is 4. The molecule has 8 unspecified atom stereocenters. The van der Waals surface area contributed by atoms with Gasteiger partial charge in [0.25, 0.3) is 0 Å². The number of hydrogen-bond acceptors (Lipinski definition) is 0. The smallest absolute Gasteiger partial charge is 0.00760 e. The van der Waals surface area contributed by atoms with Crippen molar-refractivity contribution < 1.29 is 0 Å². The molecule has 0 nitrogen and oxygen atoms in total. The molecule has 0 spiro atoms. The zero-order valence-corrected chi connectivity index (χ0v) is 18.0. The van der Waals surface area contributed by atoms with E-state index in [1.54, 1.807) is 0 Å². The van der Waals surface area contributed by atoms with Gasteiger partial charge in [-0.3, -0.25) is 0 Å². The summed E-state index contributed by atoms with van der Waals surface area (Å²) in [5, 5.41) is 0. The highest BCUT2D eigenvalue weighted by Gasteiger charge is 2.65. The third-order valence-corrected chi connectivity index (χ3v) is 10.3. The van der Waals surface area contributed by atoms with Gasteiger partial charge in [0.05, 0.1) is 0 Å². The standard InChI is InChI=1S/C27H40/c1-6-17(2)14-19-9-10-23-25-21-16-20(21)24-15-18(3)11-13-27(24,5)22(25)8-7-12-26(19,23)4/h15,19-23,25H,2-3,6-14,16H2,1,4-5H3. The second-order valence-corrected chi connectivity index (χ2v) is 11.5. The van der Waals surface area contributed by atoms with Gasteiger partial charge in [-0.05, 0) is 104 Å². The summed E-state index contributed by atoms with van der Waals surface area (Å²) in [6.45, 7) is 16.4. The lowest BCUT2D eigenvalue weighted by Gasteiger charge is -2.52. The lowest BCUT2D eigenvalue weighted by atomic mass is 9.52. The fourth-order valence-corrected chi connectivity index (χ4v) is 8.66. The summed E-state index contributed by atoms with van der Waals surface area (Å²) in [7, 11) is 0. The van der Waals surface area contributed by atoms with Gasteiger partial charge in [-0.1, -0.05) is 63.1 Å². The topological polar surface area (TPSA) is 0 Å². The lowest BCUT2D eigenvalue weighted by molar-refractivity contribution is 0.0157. The molecule has 0 aliphatic heterocycles. The first-order chi connectivity index (χ1) is 12.9.